The standard InChI is InChI=1S/C19H20N2O4S/c1-25-19(24)21-17(23)16-13-8-5-9-14(13)26-18(16)20-15(22)11-10-12-6-3-2-4-7-12/h2-4,6-7H,5,8-11H2,1H3,(H,20,22)(H,21,23,24). The van der Waals surface area contributed by atoms with E-state index in [9.17, 15) is 14.4 Å². The lowest BCUT2D eigenvalue weighted by Gasteiger charge is -2.08. The van der Waals surface area contributed by atoms with E-state index < -0.39 is 12.0 Å². The van der Waals surface area contributed by atoms with E-state index in [4.69, 9.17) is 0 Å². The monoisotopic (exact) mass is 372 g/mol. The number of hydrogen-bond donors (Lipinski definition) is 2. The predicted molar refractivity (Wildman–Crippen MR) is 99.6 cm³/mol. The van der Waals surface area contributed by atoms with Crippen LogP contribution < -0.4 is 10.6 Å². The first-order chi connectivity index (χ1) is 12.6. The molecule has 136 valence electrons. The molecule has 0 saturated heterocycles. The molecule has 3 rings (SSSR count). The lowest BCUT2D eigenvalue weighted by molar-refractivity contribution is -0.116. The van der Waals surface area contributed by atoms with Crippen molar-refractivity contribution in [3.05, 3.63) is 51.9 Å². The third-order valence-electron chi connectivity index (χ3n) is 4.29. The van der Waals surface area contributed by atoms with Crippen molar-refractivity contribution >= 4 is 34.2 Å². The Morgan fingerprint density at radius 1 is 1.15 bits per heavy atom. The minimum Gasteiger partial charge on any atom is -0.453 e. The van der Waals surface area contributed by atoms with Gasteiger partial charge in [0.1, 0.15) is 5.00 Å². The van der Waals surface area contributed by atoms with Crippen LogP contribution in [0.4, 0.5) is 9.80 Å². The summed E-state index contributed by atoms with van der Waals surface area (Å²) in [5.41, 5.74) is 2.40. The first-order valence-corrected chi connectivity index (χ1v) is 9.27. The highest BCUT2D eigenvalue weighted by Gasteiger charge is 2.28. The zero-order chi connectivity index (χ0) is 18.5. The number of fused-ring (bicyclic) bond motifs is 1. The maximum absolute atomic E-state index is 12.5. The highest BCUT2D eigenvalue weighted by molar-refractivity contribution is 7.17. The number of carbonyl (C=O) groups excluding carboxylic acids is 3. The van der Waals surface area contributed by atoms with Crippen molar-refractivity contribution in [3.8, 4) is 0 Å². The zero-order valence-corrected chi connectivity index (χ0v) is 15.3. The molecule has 0 aliphatic heterocycles. The summed E-state index contributed by atoms with van der Waals surface area (Å²) in [4.78, 5) is 37.3. The van der Waals surface area contributed by atoms with Crippen LogP contribution in [0, 0.1) is 0 Å². The molecular formula is C19H20N2O4S. The minimum absolute atomic E-state index is 0.152. The topological polar surface area (TPSA) is 84.5 Å². The van der Waals surface area contributed by atoms with E-state index in [2.05, 4.69) is 15.4 Å². The molecule has 0 spiro atoms. The molecule has 6 nitrogen and oxygen atoms in total. The smallest absolute Gasteiger partial charge is 0.413 e. The number of imide groups is 1. The summed E-state index contributed by atoms with van der Waals surface area (Å²) in [6, 6.07) is 9.76. The van der Waals surface area contributed by atoms with Crippen molar-refractivity contribution in [2.45, 2.75) is 32.1 Å². The van der Waals surface area contributed by atoms with E-state index in [1.165, 1.54) is 18.4 Å². The molecule has 3 amide bonds. The Morgan fingerprint density at radius 3 is 2.65 bits per heavy atom. The van der Waals surface area contributed by atoms with Crippen LogP contribution >= 0.6 is 11.3 Å². The number of alkyl carbamates (subject to hydrolysis) is 1. The summed E-state index contributed by atoms with van der Waals surface area (Å²) in [6.45, 7) is 0. The van der Waals surface area contributed by atoms with Crippen LogP contribution in [0.3, 0.4) is 0 Å². The lowest BCUT2D eigenvalue weighted by Crippen LogP contribution is -2.31. The van der Waals surface area contributed by atoms with Gasteiger partial charge in [0.25, 0.3) is 5.91 Å². The van der Waals surface area contributed by atoms with Gasteiger partial charge in [-0.1, -0.05) is 30.3 Å². The SMILES string of the molecule is COC(=O)NC(=O)c1c(NC(=O)CCc2ccccc2)sc2c1CCC2. The Labute approximate surface area is 155 Å². The highest BCUT2D eigenvalue weighted by atomic mass is 32.1. The van der Waals surface area contributed by atoms with Crippen molar-refractivity contribution in [1.29, 1.82) is 0 Å². The average molecular weight is 372 g/mol. The Morgan fingerprint density at radius 2 is 1.92 bits per heavy atom. The summed E-state index contributed by atoms with van der Waals surface area (Å²) in [5, 5.41) is 5.55. The van der Waals surface area contributed by atoms with Gasteiger partial charge in [0.2, 0.25) is 5.91 Å². The molecule has 0 unspecified atom stereocenters. The summed E-state index contributed by atoms with van der Waals surface area (Å²) in [5.74, 6) is -0.685. The molecular weight excluding hydrogens is 352 g/mol. The molecule has 0 saturated carbocycles. The number of benzene rings is 1. The molecule has 2 aromatic rings. The van der Waals surface area contributed by atoms with Crippen molar-refractivity contribution < 1.29 is 19.1 Å². The summed E-state index contributed by atoms with van der Waals surface area (Å²) in [7, 11) is 1.20. The molecule has 7 heteroatoms. The van der Waals surface area contributed by atoms with Gasteiger partial charge >= 0.3 is 6.09 Å². The van der Waals surface area contributed by atoms with E-state index in [0.717, 1.165) is 35.3 Å². The molecule has 1 aliphatic carbocycles. The average Bonchev–Trinajstić information content (AvgIpc) is 3.21. The summed E-state index contributed by atoms with van der Waals surface area (Å²) in [6.07, 6.45) is 2.77. The minimum atomic E-state index is -0.811. The fourth-order valence-corrected chi connectivity index (χ4v) is 4.33. The summed E-state index contributed by atoms with van der Waals surface area (Å²) < 4.78 is 4.49. The second-order valence-electron chi connectivity index (χ2n) is 6.04. The first-order valence-electron chi connectivity index (χ1n) is 8.46. The molecule has 1 aliphatic rings. The number of rotatable bonds is 5. The fourth-order valence-electron chi connectivity index (χ4n) is 3.03. The van der Waals surface area contributed by atoms with Crippen molar-refractivity contribution in [1.82, 2.24) is 5.32 Å². The lowest BCUT2D eigenvalue weighted by atomic mass is 10.1. The maximum Gasteiger partial charge on any atom is 0.413 e. The Balaban J connectivity index is 1.72. The number of amides is 3. The number of carbonyl (C=O) groups is 3. The van der Waals surface area contributed by atoms with Crippen LogP contribution in [0.25, 0.3) is 0 Å². The molecule has 2 N–H and O–H groups in total. The molecule has 0 atom stereocenters. The third-order valence-corrected chi connectivity index (χ3v) is 5.49. The van der Waals surface area contributed by atoms with Crippen LogP contribution in [0.1, 0.15) is 39.2 Å². The fraction of sp³-hybridized carbons (Fsp3) is 0.316. The maximum atomic E-state index is 12.5. The molecule has 1 aromatic heterocycles. The molecule has 1 heterocycles. The van der Waals surface area contributed by atoms with E-state index in [-0.39, 0.29) is 5.91 Å². The van der Waals surface area contributed by atoms with Crippen LogP contribution in [0.5, 0.6) is 0 Å². The van der Waals surface area contributed by atoms with E-state index in [1.807, 2.05) is 30.3 Å². The van der Waals surface area contributed by atoms with Crippen LogP contribution in [0.15, 0.2) is 30.3 Å². The molecule has 26 heavy (non-hydrogen) atoms. The first kappa shape index (κ1) is 18.1. The van der Waals surface area contributed by atoms with Gasteiger partial charge in [0.05, 0.1) is 12.7 Å². The number of methoxy groups -OCH3 is 1. The molecule has 1 aromatic carbocycles. The molecule has 0 bridgehead atoms. The quantitative estimate of drug-likeness (QED) is 0.843. The molecule has 0 fully saturated rings. The molecule has 0 radical (unpaired) electrons. The third kappa shape index (κ3) is 4.11. The summed E-state index contributed by atoms with van der Waals surface area (Å²) >= 11 is 1.42. The predicted octanol–water partition coefficient (Wildman–Crippen LogP) is 3.30. The van der Waals surface area contributed by atoms with Crippen LogP contribution in [-0.4, -0.2) is 25.0 Å². The van der Waals surface area contributed by atoms with Gasteiger partial charge in [0.15, 0.2) is 0 Å². The Bertz CT molecular complexity index is 830. The van der Waals surface area contributed by atoms with E-state index in [1.54, 1.807) is 0 Å². The largest absolute Gasteiger partial charge is 0.453 e. The number of anilines is 1. The number of hydrogen-bond acceptors (Lipinski definition) is 5. The second kappa shape index (κ2) is 8.14. The van der Waals surface area contributed by atoms with E-state index >= 15 is 0 Å². The number of thiophene rings is 1. The van der Waals surface area contributed by atoms with Crippen molar-refractivity contribution in [2.75, 3.05) is 12.4 Å². The van der Waals surface area contributed by atoms with Crippen LogP contribution in [0.2, 0.25) is 0 Å². The van der Waals surface area contributed by atoms with Gasteiger partial charge in [-0.2, -0.15) is 0 Å². The highest BCUT2D eigenvalue weighted by Crippen LogP contribution is 2.39. The Hall–Kier alpha value is -2.67. The van der Waals surface area contributed by atoms with Gasteiger partial charge in [-0.25, -0.2) is 4.79 Å². The van der Waals surface area contributed by atoms with Crippen molar-refractivity contribution in [3.63, 3.8) is 0 Å². The normalized spacial score (nSPS) is 12.3. The second-order valence-corrected chi connectivity index (χ2v) is 7.15. The van der Waals surface area contributed by atoms with Gasteiger partial charge in [-0.05, 0) is 36.8 Å². The Kier molecular flexibility index (Phi) is 5.68. The zero-order valence-electron chi connectivity index (χ0n) is 14.5. The van der Waals surface area contributed by atoms with E-state index in [0.29, 0.717) is 23.4 Å². The van der Waals surface area contributed by atoms with Gasteiger partial charge in [0, 0.05) is 11.3 Å². The number of ether oxygens (including phenoxy) is 1. The number of aryl methyl sites for hydroxylation is 2. The number of nitrogens with one attached hydrogen (secondary N) is 2. The van der Waals surface area contributed by atoms with Gasteiger partial charge in [-0.15, -0.1) is 11.3 Å². The van der Waals surface area contributed by atoms with Crippen molar-refractivity contribution in [2.24, 2.45) is 0 Å². The van der Waals surface area contributed by atoms with Gasteiger partial charge in [-0.3, -0.25) is 14.9 Å². The van der Waals surface area contributed by atoms with Gasteiger partial charge < -0.3 is 10.1 Å². The van der Waals surface area contributed by atoms with Crippen LogP contribution in [-0.2, 0) is 28.8 Å².